The summed E-state index contributed by atoms with van der Waals surface area (Å²) in [6, 6.07) is 3.39. The molecule has 0 radical (unpaired) electrons. The molecule has 0 atom stereocenters. The highest BCUT2D eigenvalue weighted by atomic mass is 32.1. The van der Waals surface area contributed by atoms with Crippen LogP contribution >= 0.6 is 12.2 Å². The molecule has 0 aliphatic carbocycles. The Balaban J connectivity index is 2.26. The largest absolute Gasteiger partial charge is 0.481 e. The number of nitrogens with zero attached hydrogens (tertiary/aromatic N) is 2. The molecule has 0 fully saturated rings. The second kappa shape index (κ2) is 5.20. The Hall–Kier alpha value is -1.57. The van der Waals surface area contributed by atoms with Crippen LogP contribution < -0.4 is 4.74 Å². The first-order chi connectivity index (χ1) is 8.90. The van der Waals surface area contributed by atoms with Crippen LogP contribution in [0.5, 0.6) is 5.88 Å². The van der Waals surface area contributed by atoms with Crippen molar-refractivity contribution in [3.05, 3.63) is 16.9 Å². The van der Waals surface area contributed by atoms with Gasteiger partial charge >= 0.3 is 6.18 Å². The van der Waals surface area contributed by atoms with Gasteiger partial charge < -0.3 is 14.3 Å². The van der Waals surface area contributed by atoms with Crippen LogP contribution in [0.3, 0.4) is 0 Å². The number of halogens is 3. The molecule has 0 aromatic carbocycles. The molecule has 8 heteroatoms. The fourth-order valence-electron chi connectivity index (χ4n) is 1.77. The smallest absolute Gasteiger partial charge is 0.389 e. The van der Waals surface area contributed by atoms with Gasteiger partial charge in [-0.1, -0.05) is 0 Å². The van der Waals surface area contributed by atoms with Gasteiger partial charge in [0.1, 0.15) is 0 Å². The Bertz CT molecular complexity index is 632. The molecule has 19 heavy (non-hydrogen) atoms. The molecule has 104 valence electrons. The van der Waals surface area contributed by atoms with E-state index in [4.69, 9.17) is 17.0 Å². The molecule has 0 saturated carbocycles. The Morgan fingerprint density at radius 1 is 1.42 bits per heavy atom. The molecule has 0 aliphatic rings. The zero-order chi connectivity index (χ0) is 14.0. The fourth-order valence-corrected chi connectivity index (χ4v) is 2.06. The molecule has 0 saturated heterocycles. The molecule has 0 bridgehead atoms. The van der Waals surface area contributed by atoms with Crippen LogP contribution in [-0.4, -0.2) is 27.8 Å². The molecular formula is C11H12F3N3OS. The van der Waals surface area contributed by atoms with Gasteiger partial charge in [0.25, 0.3) is 0 Å². The quantitative estimate of drug-likeness (QED) is 0.877. The van der Waals surface area contributed by atoms with E-state index in [0.29, 0.717) is 21.8 Å². The minimum Gasteiger partial charge on any atom is -0.481 e. The van der Waals surface area contributed by atoms with Crippen LogP contribution in [0, 0.1) is 4.77 Å². The molecule has 0 aliphatic heterocycles. The number of aromatic amines is 1. The lowest BCUT2D eigenvalue weighted by molar-refractivity contribution is -0.135. The van der Waals surface area contributed by atoms with Crippen LogP contribution in [0.2, 0.25) is 0 Å². The van der Waals surface area contributed by atoms with Crippen molar-refractivity contribution in [1.29, 1.82) is 0 Å². The molecule has 2 aromatic rings. The molecule has 0 amide bonds. The normalized spacial score (nSPS) is 12.0. The summed E-state index contributed by atoms with van der Waals surface area (Å²) in [5.74, 6) is 0.395. The lowest BCUT2D eigenvalue weighted by atomic mass is 10.3. The van der Waals surface area contributed by atoms with E-state index in [1.807, 2.05) is 0 Å². The van der Waals surface area contributed by atoms with Gasteiger partial charge in [-0.05, 0) is 24.7 Å². The summed E-state index contributed by atoms with van der Waals surface area (Å²) in [4.78, 5) is 7.10. The van der Waals surface area contributed by atoms with Gasteiger partial charge in [0, 0.05) is 19.0 Å². The summed E-state index contributed by atoms with van der Waals surface area (Å²) in [6.07, 6.45) is -5.03. The maximum Gasteiger partial charge on any atom is 0.389 e. The molecule has 0 spiro atoms. The first-order valence-corrected chi connectivity index (χ1v) is 6.02. The Kier molecular flexibility index (Phi) is 3.79. The van der Waals surface area contributed by atoms with Crippen molar-refractivity contribution in [2.24, 2.45) is 0 Å². The lowest BCUT2D eigenvalue weighted by Crippen LogP contribution is -2.09. The summed E-state index contributed by atoms with van der Waals surface area (Å²) >= 11 is 5.08. The standard InChI is InChI=1S/C11H12F3N3OS/c1-18-8-4-3-7-9(16-8)17(10(19)15-7)6-2-5-11(12,13)14/h3-4H,2,5-6H2,1H3,(H,15,19). The highest BCUT2D eigenvalue weighted by molar-refractivity contribution is 7.71. The minimum atomic E-state index is -4.15. The predicted octanol–water partition coefficient (Wildman–Crippen LogP) is 3.44. The Morgan fingerprint density at radius 2 is 2.16 bits per heavy atom. The van der Waals surface area contributed by atoms with Crippen molar-refractivity contribution in [2.45, 2.75) is 25.6 Å². The highest BCUT2D eigenvalue weighted by Gasteiger charge is 2.26. The van der Waals surface area contributed by atoms with Gasteiger partial charge in [0.05, 0.1) is 12.6 Å². The van der Waals surface area contributed by atoms with Gasteiger partial charge in [-0.2, -0.15) is 18.2 Å². The number of alkyl halides is 3. The summed E-state index contributed by atoms with van der Waals surface area (Å²) in [5.41, 5.74) is 1.18. The van der Waals surface area contributed by atoms with Crippen molar-refractivity contribution < 1.29 is 17.9 Å². The van der Waals surface area contributed by atoms with Crippen LogP contribution in [0.25, 0.3) is 11.2 Å². The monoisotopic (exact) mass is 291 g/mol. The SMILES string of the molecule is COc1ccc2[nH]c(=S)n(CCCC(F)(F)F)c2n1. The number of pyridine rings is 1. The van der Waals surface area contributed by atoms with Crippen molar-refractivity contribution in [3.8, 4) is 5.88 Å². The van der Waals surface area contributed by atoms with E-state index in [9.17, 15) is 13.2 Å². The molecule has 4 nitrogen and oxygen atoms in total. The second-order valence-corrected chi connectivity index (χ2v) is 4.41. The fraction of sp³-hybridized carbons (Fsp3) is 0.455. The Labute approximate surface area is 112 Å². The van der Waals surface area contributed by atoms with E-state index in [0.717, 1.165) is 0 Å². The number of fused-ring (bicyclic) bond motifs is 1. The van der Waals surface area contributed by atoms with Gasteiger partial charge in [-0.15, -0.1) is 0 Å². The van der Waals surface area contributed by atoms with Gasteiger partial charge in [-0.3, -0.25) is 0 Å². The number of aryl methyl sites for hydroxylation is 1. The van der Waals surface area contributed by atoms with E-state index < -0.39 is 12.6 Å². The third-order valence-electron chi connectivity index (χ3n) is 2.64. The summed E-state index contributed by atoms with van der Waals surface area (Å²) in [7, 11) is 1.48. The van der Waals surface area contributed by atoms with E-state index in [-0.39, 0.29) is 13.0 Å². The maximum atomic E-state index is 12.1. The van der Waals surface area contributed by atoms with Crippen LogP contribution in [0.1, 0.15) is 12.8 Å². The number of ether oxygens (including phenoxy) is 1. The zero-order valence-corrected chi connectivity index (χ0v) is 10.9. The van der Waals surface area contributed by atoms with Crippen molar-refractivity contribution >= 4 is 23.4 Å². The molecule has 0 unspecified atom stereocenters. The van der Waals surface area contributed by atoms with Crippen LogP contribution in [0.4, 0.5) is 13.2 Å². The van der Waals surface area contributed by atoms with Crippen LogP contribution in [-0.2, 0) is 6.54 Å². The number of imidazole rings is 1. The van der Waals surface area contributed by atoms with Crippen LogP contribution in [0.15, 0.2) is 12.1 Å². The molecule has 2 rings (SSSR count). The van der Waals surface area contributed by atoms with E-state index in [2.05, 4.69) is 9.97 Å². The summed E-state index contributed by atoms with van der Waals surface area (Å²) < 4.78 is 43.3. The number of H-pyrrole nitrogens is 1. The third kappa shape index (κ3) is 3.25. The predicted molar refractivity (Wildman–Crippen MR) is 66.8 cm³/mol. The number of nitrogens with one attached hydrogen (secondary N) is 1. The first kappa shape index (κ1) is 13.9. The zero-order valence-electron chi connectivity index (χ0n) is 10.1. The maximum absolute atomic E-state index is 12.1. The average molecular weight is 291 g/mol. The molecule has 2 heterocycles. The van der Waals surface area contributed by atoms with Gasteiger partial charge in [0.2, 0.25) is 5.88 Å². The number of aromatic nitrogens is 3. The van der Waals surface area contributed by atoms with Crippen molar-refractivity contribution in [1.82, 2.24) is 14.5 Å². The third-order valence-corrected chi connectivity index (χ3v) is 2.97. The Morgan fingerprint density at radius 3 is 2.79 bits per heavy atom. The number of methoxy groups -OCH3 is 1. The van der Waals surface area contributed by atoms with E-state index >= 15 is 0 Å². The van der Waals surface area contributed by atoms with Gasteiger partial charge in [-0.25, -0.2) is 0 Å². The van der Waals surface area contributed by atoms with Gasteiger partial charge in [0.15, 0.2) is 10.4 Å². The van der Waals surface area contributed by atoms with Crippen molar-refractivity contribution in [3.63, 3.8) is 0 Å². The average Bonchev–Trinajstić information content (AvgIpc) is 2.63. The molecular weight excluding hydrogens is 279 g/mol. The number of hydrogen-bond donors (Lipinski definition) is 1. The lowest BCUT2D eigenvalue weighted by Gasteiger charge is -2.07. The van der Waals surface area contributed by atoms with Crippen molar-refractivity contribution in [2.75, 3.05) is 7.11 Å². The first-order valence-electron chi connectivity index (χ1n) is 5.61. The summed E-state index contributed by atoms with van der Waals surface area (Å²) in [5, 5.41) is 0. The minimum absolute atomic E-state index is 0.0380. The van der Waals surface area contributed by atoms with E-state index in [1.54, 1.807) is 16.7 Å². The second-order valence-electron chi connectivity index (χ2n) is 4.03. The summed E-state index contributed by atoms with van der Waals surface area (Å²) in [6.45, 7) is 0.165. The van der Waals surface area contributed by atoms with E-state index in [1.165, 1.54) is 7.11 Å². The highest BCUT2D eigenvalue weighted by Crippen LogP contribution is 2.23. The number of rotatable bonds is 4. The topological polar surface area (TPSA) is 42.8 Å². The molecule has 1 N–H and O–H groups in total. The molecule has 2 aromatic heterocycles. The number of hydrogen-bond acceptors (Lipinski definition) is 3.